The molecule has 2 atom stereocenters. The van der Waals surface area contributed by atoms with Crippen molar-refractivity contribution in [1.29, 1.82) is 5.26 Å². The Labute approximate surface area is 96.1 Å². The quantitative estimate of drug-likeness (QED) is 0.563. The number of nitriles is 1. The van der Waals surface area contributed by atoms with Gasteiger partial charge in [-0.25, -0.2) is 0 Å². The monoisotopic (exact) mass is 270 g/mol. The van der Waals surface area contributed by atoms with Crippen molar-refractivity contribution < 1.29 is 10.2 Å². The van der Waals surface area contributed by atoms with Crippen LogP contribution in [0.2, 0.25) is 0 Å². The van der Waals surface area contributed by atoms with Gasteiger partial charge in [-0.05, 0) is 18.2 Å². The van der Waals surface area contributed by atoms with Crippen LogP contribution in [0.4, 0.5) is 5.69 Å². The van der Waals surface area contributed by atoms with E-state index >= 15 is 0 Å². The molecule has 0 radical (unpaired) electrons. The molecule has 0 spiro atoms. The summed E-state index contributed by atoms with van der Waals surface area (Å²) in [6, 6.07) is 6.54. The molecule has 1 aromatic carbocycles. The average molecular weight is 271 g/mol. The molecule has 0 saturated heterocycles. The van der Waals surface area contributed by atoms with E-state index in [9.17, 15) is 10.2 Å². The molecular formula is C10H11BrN2O2. The summed E-state index contributed by atoms with van der Waals surface area (Å²) in [7, 11) is 0. The van der Waals surface area contributed by atoms with E-state index in [2.05, 4.69) is 15.9 Å². The Morgan fingerprint density at radius 1 is 1.47 bits per heavy atom. The molecule has 1 aromatic rings. The van der Waals surface area contributed by atoms with Crippen LogP contribution in [0.5, 0.6) is 0 Å². The maximum atomic E-state index is 9.74. The predicted molar refractivity (Wildman–Crippen MR) is 60.3 cm³/mol. The Balaban J connectivity index is 3.12. The van der Waals surface area contributed by atoms with Gasteiger partial charge in [0.15, 0.2) is 0 Å². The molecule has 4 N–H and O–H groups in total. The van der Waals surface area contributed by atoms with Crippen LogP contribution in [0.25, 0.3) is 0 Å². The fourth-order valence-corrected chi connectivity index (χ4v) is 1.57. The van der Waals surface area contributed by atoms with E-state index in [0.717, 1.165) is 0 Å². The maximum Gasteiger partial charge on any atom is 0.107 e. The predicted octanol–water partition coefficient (Wildman–Crippen LogP) is 0.930. The SMILES string of the molecule is N#Cc1ccc(N)cc1C(O)C(O)CBr. The minimum atomic E-state index is -1.11. The third kappa shape index (κ3) is 2.69. The molecule has 0 aliphatic carbocycles. The van der Waals surface area contributed by atoms with E-state index in [1.54, 1.807) is 6.07 Å². The van der Waals surface area contributed by atoms with Crippen molar-refractivity contribution >= 4 is 21.6 Å². The Hall–Kier alpha value is -1.09. The Morgan fingerprint density at radius 2 is 2.13 bits per heavy atom. The standard InChI is InChI=1S/C10H11BrN2O2/c11-4-9(14)10(15)8-3-7(13)2-1-6(8)5-12/h1-3,9-10,14-15H,4,13H2. The molecule has 0 heterocycles. The molecule has 1 rings (SSSR count). The van der Waals surface area contributed by atoms with Crippen LogP contribution in [-0.4, -0.2) is 21.6 Å². The zero-order valence-electron chi connectivity index (χ0n) is 7.89. The highest BCUT2D eigenvalue weighted by molar-refractivity contribution is 9.09. The van der Waals surface area contributed by atoms with Gasteiger partial charge in [0.1, 0.15) is 6.10 Å². The molecule has 0 saturated carbocycles. The lowest BCUT2D eigenvalue weighted by Crippen LogP contribution is -2.20. The number of nitrogens with two attached hydrogens (primary N) is 1. The van der Waals surface area contributed by atoms with E-state index in [4.69, 9.17) is 11.0 Å². The van der Waals surface area contributed by atoms with E-state index in [-0.39, 0.29) is 5.33 Å². The molecule has 80 valence electrons. The zero-order chi connectivity index (χ0) is 11.4. The van der Waals surface area contributed by atoms with Crippen LogP contribution in [-0.2, 0) is 0 Å². The first-order valence-corrected chi connectivity index (χ1v) is 5.44. The Kier molecular flexibility index (Phi) is 4.09. The minimum Gasteiger partial charge on any atom is -0.399 e. The average Bonchev–Trinajstić information content (AvgIpc) is 2.27. The van der Waals surface area contributed by atoms with Crippen LogP contribution in [0.3, 0.4) is 0 Å². The Bertz CT molecular complexity index is 389. The molecule has 5 heteroatoms. The van der Waals surface area contributed by atoms with E-state index in [0.29, 0.717) is 16.8 Å². The molecule has 2 unspecified atom stereocenters. The number of hydrogen-bond acceptors (Lipinski definition) is 4. The molecular weight excluding hydrogens is 260 g/mol. The van der Waals surface area contributed by atoms with Crippen LogP contribution >= 0.6 is 15.9 Å². The number of aliphatic hydroxyl groups excluding tert-OH is 2. The maximum absolute atomic E-state index is 9.74. The number of rotatable bonds is 3. The molecule has 4 nitrogen and oxygen atoms in total. The third-order valence-corrected chi connectivity index (χ3v) is 2.70. The second-order valence-electron chi connectivity index (χ2n) is 3.12. The summed E-state index contributed by atoms with van der Waals surface area (Å²) in [4.78, 5) is 0. The molecule has 0 fully saturated rings. The first-order valence-electron chi connectivity index (χ1n) is 4.31. The summed E-state index contributed by atoms with van der Waals surface area (Å²) in [6.07, 6.45) is -2.07. The fourth-order valence-electron chi connectivity index (χ4n) is 1.22. The van der Waals surface area contributed by atoms with Gasteiger partial charge in [0, 0.05) is 16.6 Å². The van der Waals surface area contributed by atoms with Crippen molar-refractivity contribution in [3.63, 3.8) is 0 Å². The van der Waals surface area contributed by atoms with Crippen molar-refractivity contribution in [3.05, 3.63) is 29.3 Å². The summed E-state index contributed by atoms with van der Waals surface area (Å²) in [5, 5.41) is 28.2. The molecule has 15 heavy (non-hydrogen) atoms. The highest BCUT2D eigenvalue weighted by Gasteiger charge is 2.20. The Morgan fingerprint density at radius 3 is 2.67 bits per heavy atom. The lowest BCUT2D eigenvalue weighted by molar-refractivity contribution is 0.0341. The number of hydrogen-bond donors (Lipinski definition) is 3. The number of halogens is 1. The number of nitrogen functional groups attached to an aromatic ring is 1. The molecule has 0 aliphatic heterocycles. The van der Waals surface area contributed by atoms with E-state index in [1.807, 2.05) is 6.07 Å². The molecule has 0 amide bonds. The van der Waals surface area contributed by atoms with Crippen molar-refractivity contribution in [3.8, 4) is 6.07 Å². The number of alkyl halides is 1. The van der Waals surface area contributed by atoms with Gasteiger partial charge >= 0.3 is 0 Å². The largest absolute Gasteiger partial charge is 0.399 e. The highest BCUT2D eigenvalue weighted by atomic mass is 79.9. The van der Waals surface area contributed by atoms with Crippen molar-refractivity contribution in [1.82, 2.24) is 0 Å². The molecule has 0 bridgehead atoms. The summed E-state index contributed by atoms with van der Waals surface area (Å²) >= 11 is 3.05. The number of benzene rings is 1. The van der Waals surface area contributed by atoms with Crippen molar-refractivity contribution in [2.75, 3.05) is 11.1 Å². The zero-order valence-corrected chi connectivity index (χ0v) is 9.48. The molecule has 0 aromatic heterocycles. The first kappa shape index (κ1) is 12.0. The second kappa shape index (κ2) is 5.12. The topological polar surface area (TPSA) is 90.3 Å². The van der Waals surface area contributed by atoms with Gasteiger partial charge in [0.2, 0.25) is 0 Å². The minimum absolute atomic E-state index is 0.230. The van der Waals surface area contributed by atoms with Crippen LogP contribution < -0.4 is 5.73 Å². The van der Waals surface area contributed by atoms with E-state index in [1.165, 1.54) is 12.1 Å². The summed E-state index contributed by atoms with van der Waals surface area (Å²) in [5.74, 6) is 0. The lowest BCUT2D eigenvalue weighted by atomic mass is 9.99. The third-order valence-electron chi connectivity index (χ3n) is 2.04. The van der Waals surface area contributed by atoms with Gasteiger partial charge in [-0.15, -0.1) is 0 Å². The second-order valence-corrected chi connectivity index (χ2v) is 3.77. The number of nitrogens with zero attached hydrogens (tertiary/aromatic N) is 1. The summed E-state index contributed by atoms with van der Waals surface area (Å²) in [6.45, 7) is 0. The smallest absolute Gasteiger partial charge is 0.107 e. The van der Waals surface area contributed by atoms with Crippen LogP contribution in [0, 0.1) is 11.3 Å². The first-order chi connectivity index (χ1) is 7.10. The van der Waals surface area contributed by atoms with Gasteiger partial charge in [0.05, 0.1) is 17.7 Å². The summed E-state index contributed by atoms with van der Waals surface area (Å²) in [5.41, 5.74) is 6.66. The highest BCUT2D eigenvalue weighted by Crippen LogP contribution is 2.23. The van der Waals surface area contributed by atoms with Crippen molar-refractivity contribution in [2.24, 2.45) is 0 Å². The normalized spacial score (nSPS) is 14.3. The van der Waals surface area contributed by atoms with Gasteiger partial charge in [0.25, 0.3) is 0 Å². The lowest BCUT2D eigenvalue weighted by Gasteiger charge is -2.17. The summed E-state index contributed by atoms with van der Waals surface area (Å²) < 4.78 is 0. The van der Waals surface area contributed by atoms with Crippen LogP contribution in [0.1, 0.15) is 17.2 Å². The molecule has 0 aliphatic rings. The van der Waals surface area contributed by atoms with Crippen LogP contribution in [0.15, 0.2) is 18.2 Å². The number of aliphatic hydroxyl groups is 2. The van der Waals surface area contributed by atoms with Gasteiger partial charge in [-0.2, -0.15) is 5.26 Å². The van der Waals surface area contributed by atoms with Gasteiger partial charge < -0.3 is 15.9 Å². The number of anilines is 1. The fraction of sp³-hybridized carbons (Fsp3) is 0.300. The van der Waals surface area contributed by atoms with Gasteiger partial charge in [-0.3, -0.25) is 0 Å². The van der Waals surface area contributed by atoms with Gasteiger partial charge in [-0.1, -0.05) is 15.9 Å². The van der Waals surface area contributed by atoms with E-state index < -0.39 is 12.2 Å². The van der Waals surface area contributed by atoms with Crippen molar-refractivity contribution in [2.45, 2.75) is 12.2 Å².